The molecule has 0 aliphatic heterocycles. The Kier molecular flexibility index (Phi) is 1.51. The molecule has 0 unspecified atom stereocenters. The lowest BCUT2D eigenvalue weighted by molar-refractivity contribution is 0.396. The summed E-state index contributed by atoms with van der Waals surface area (Å²) in [5.74, 6) is 0.979. The fraction of sp³-hybridized carbons (Fsp3) is 0.444. The summed E-state index contributed by atoms with van der Waals surface area (Å²) in [4.78, 5) is 3.47. The standard InChI is InChI=1S/C9H11NOS/c1-9(2)4-3-6-7(5-9)11-8(12)10-6/h3-4H,5H2,1-2H3,(H,10,12). The monoisotopic (exact) mass is 181 g/mol. The van der Waals surface area contributed by atoms with Crippen LogP contribution < -0.4 is 0 Å². The van der Waals surface area contributed by atoms with Crippen LogP contribution >= 0.6 is 12.2 Å². The molecule has 1 aromatic rings. The fourth-order valence-electron chi connectivity index (χ4n) is 1.42. The second-order valence-electron chi connectivity index (χ2n) is 3.85. The number of oxazole rings is 1. The van der Waals surface area contributed by atoms with E-state index in [0.29, 0.717) is 4.84 Å². The Hall–Kier alpha value is -0.830. The van der Waals surface area contributed by atoms with Gasteiger partial charge in [0.25, 0.3) is 4.84 Å². The van der Waals surface area contributed by atoms with Gasteiger partial charge < -0.3 is 9.40 Å². The Labute approximate surface area is 76.3 Å². The van der Waals surface area contributed by atoms with E-state index in [0.717, 1.165) is 17.9 Å². The van der Waals surface area contributed by atoms with Crippen LogP contribution in [0.2, 0.25) is 0 Å². The molecule has 1 aliphatic carbocycles. The number of rotatable bonds is 0. The van der Waals surface area contributed by atoms with E-state index in [-0.39, 0.29) is 5.41 Å². The van der Waals surface area contributed by atoms with Crippen molar-refractivity contribution < 1.29 is 4.42 Å². The predicted molar refractivity (Wildman–Crippen MR) is 50.4 cm³/mol. The number of hydrogen-bond acceptors (Lipinski definition) is 2. The lowest BCUT2D eigenvalue weighted by Crippen LogP contribution is -2.14. The first kappa shape index (κ1) is 7.80. The second-order valence-corrected chi connectivity index (χ2v) is 4.22. The summed E-state index contributed by atoms with van der Waals surface area (Å²) < 4.78 is 5.35. The zero-order chi connectivity index (χ0) is 8.77. The van der Waals surface area contributed by atoms with Gasteiger partial charge in [-0.3, -0.25) is 0 Å². The molecule has 1 heterocycles. The molecule has 0 saturated carbocycles. The van der Waals surface area contributed by atoms with Gasteiger partial charge in [0.05, 0.1) is 5.69 Å². The number of hydrogen-bond donors (Lipinski definition) is 1. The number of allylic oxidation sites excluding steroid dienone is 1. The van der Waals surface area contributed by atoms with Crippen molar-refractivity contribution in [2.75, 3.05) is 0 Å². The zero-order valence-corrected chi connectivity index (χ0v) is 7.99. The van der Waals surface area contributed by atoms with Gasteiger partial charge in [-0.1, -0.05) is 19.9 Å². The predicted octanol–water partition coefficient (Wildman–Crippen LogP) is 2.93. The van der Waals surface area contributed by atoms with E-state index in [9.17, 15) is 0 Å². The minimum absolute atomic E-state index is 0.195. The molecular weight excluding hydrogens is 170 g/mol. The van der Waals surface area contributed by atoms with E-state index in [1.54, 1.807) is 0 Å². The maximum atomic E-state index is 5.35. The maximum Gasteiger partial charge on any atom is 0.266 e. The molecule has 64 valence electrons. The van der Waals surface area contributed by atoms with Gasteiger partial charge in [0.2, 0.25) is 0 Å². The highest BCUT2D eigenvalue weighted by atomic mass is 32.1. The molecule has 0 radical (unpaired) electrons. The van der Waals surface area contributed by atoms with E-state index in [4.69, 9.17) is 16.6 Å². The third-order valence-electron chi connectivity index (χ3n) is 2.07. The largest absolute Gasteiger partial charge is 0.434 e. The van der Waals surface area contributed by atoms with Crippen molar-refractivity contribution in [3.05, 3.63) is 22.4 Å². The molecule has 12 heavy (non-hydrogen) atoms. The molecule has 1 aliphatic rings. The topological polar surface area (TPSA) is 28.9 Å². The van der Waals surface area contributed by atoms with E-state index in [2.05, 4.69) is 24.9 Å². The summed E-state index contributed by atoms with van der Waals surface area (Å²) in [5.41, 5.74) is 1.22. The van der Waals surface area contributed by atoms with E-state index < -0.39 is 0 Å². The van der Waals surface area contributed by atoms with Crippen LogP contribution in [-0.4, -0.2) is 4.98 Å². The Morgan fingerprint density at radius 3 is 3.08 bits per heavy atom. The van der Waals surface area contributed by atoms with Crippen LogP contribution in [0.25, 0.3) is 6.08 Å². The molecule has 0 aromatic carbocycles. The van der Waals surface area contributed by atoms with Crippen molar-refractivity contribution in [1.29, 1.82) is 0 Å². The maximum absolute atomic E-state index is 5.35. The summed E-state index contributed by atoms with van der Waals surface area (Å²) in [5, 5.41) is 0. The second kappa shape index (κ2) is 2.33. The van der Waals surface area contributed by atoms with E-state index in [1.165, 1.54) is 0 Å². The normalized spacial score (nSPS) is 19.2. The van der Waals surface area contributed by atoms with Crippen molar-refractivity contribution in [3.63, 3.8) is 0 Å². The summed E-state index contributed by atoms with van der Waals surface area (Å²) in [7, 11) is 0. The zero-order valence-electron chi connectivity index (χ0n) is 7.18. The minimum Gasteiger partial charge on any atom is -0.434 e. The van der Waals surface area contributed by atoms with Crippen LogP contribution in [0, 0.1) is 10.3 Å². The number of H-pyrrole nitrogens is 1. The number of aromatic nitrogens is 1. The van der Waals surface area contributed by atoms with Gasteiger partial charge in [-0.25, -0.2) is 0 Å². The Morgan fingerprint density at radius 2 is 2.33 bits per heavy atom. The SMILES string of the molecule is CC1(C)C=Cc2[nH]c(=S)oc2C1. The molecule has 1 aromatic heterocycles. The van der Waals surface area contributed by atoms with E-state index >= 15 is 0 Å². The highest BCUT2D eigenvalue weighted by Crippen LogP contribution is 2.31. The van der Waals surface area contributed by atoms with Crippen molar-refractivity contribution in [2.24, 2.45) is 5.41 Å². The number of fused-ring (bicyclic) bond motifs is 1. The third-order valence-corrected chi connectivity index (χ3v) is 2.26. The summed E-state index contributed by atoms with van der Waals surface area (Å²) in [6.07, 6.45) is 5.14. The molecule has 0 bridgehead atoms. The molecule has 0 amide bonds. The van der Waals surface area contributed by atoms with Crippen LogP contribution in [0.15, 0.2) is 10.5 Å². The molecule has 0 spiro atoms. The highest BCUT2D eigenvalue weighted by molar-refractivity contribution is 7.71. The van der Waals surface area contributed by atoms with Gasteiger partial charge in [-0.15, -0.1) is 0 Å². The van der Waals surface area contributed by atoms with Gasteiger partial charge in [-0.05, 0) is 23.7 Å². The smallest absolute Gasteiger partial charge is 0.266 e. The van der Waals surface area contributed by atoms with Crippen LogP contribution in [0.1, 0.15) is 25.3 Å². The van der Waals surface area contributed by atoms with Crippen LogP contribution in [0.5, 0.6) is 0 Å². The van der Waals surface area contributed by atoms with Crippen LogP contribution in [-0.2, 0) is 6.42 Å². The lowest BCUT2D eigenvalue weighted by Gasteiger charge is -2.21. The molecule has 0 fully saturated rings. The molecule has 2 rings (SSSR count). The van der Waals surface area contributed by atoms with Gasteiger partial charge in [-0.2, -0.15) is 0 Å². The Morgan fingerprint density at radius 1 is 1.58 bits per heavy atom. The third kappa shape index (κ3) is 1.25. The minimum atomic E-state index is 0.195. The van der Waals surface area contributed by atoms with Crippen LogP contribution in [0.3, 0.4) is 0 Å². The average Bonchev–Trinajstić information content (AvgIpc) is 2.26. The molecule has 1 N–H and O–H groups in total. The lowest BCUT2D eigenvalue weighted by atomic mass is 9.84. The Bertz CT molecular complexity index is 383. The van der Waals surface area contributed by atoms with Gasteiger partial charge in [0.15, 0.2) is 0 Å². The fourth-order valence-corrected chi connectivity index (χ4v) is 1.63. The quantitative estimate of drug-likeness (QED) is 0.623. The molecule has 2 nitrogen and oxygen atoms in total. The van der Waals surface area contributed by atoms with Gasteiger partial charge >= 0.3 is 0 Å². The number of aromatic amines is 1. The Balaban J connectivity index is 2.51. The summed E-state index contributed by atoms with van der Waals surface area (Å²) in [6.45, 7) is 4.36. The molecule has 0 saturated heterocycles. The first-order chi connectivity index (χ1) is 5.57. The summed E-state index contributed by atoms with van der Waals surface area (Å²) >= 11 is 4.90. The number of nitrogens with one attached hydrogen (secondary N) is 1. The first-order valence-corrected chi connectivity index (χ1v) is 4.39. The highest BCUT2D eigenvalue weighted by Gasteiger charge is 2.23. The van der Waals surface area contributed by atoms with E-state index in [1.807, 2.05) is 6.08 Å². The molecule has 0 atom stereocenters. The average molecular weight is 181 g/mol. The van der Waals surface area contributed by atoms with Crippen molar-refractivity contribution in [2.45, 2.75) is 20.3 Å². The van der Waals surface area contributed by atoms with Crippen molar-refractivity contribution in [3.8, 4) is 0 Å². The van der Waals surface area contributed by atoms with Crippen molar-refractivity contribution >= 4 is 18.3 Å². The summed E-state index contributed by atoms with van der Waals surface area (Å²) in [6, 6.07) is 0. The first-order valence-electron chi connectivity index (χ1n) is 3.98. The molecular formula is C9H11NOS. The molecule has 3 heteroatoms. The van der Waals surface area contributed by atoms with Crippen LogP contribution in [0.4, 0.5) is 0 Å². The van der Waals surface area contributed by atoms with Crippen molar-refractivity contribution in [1.82, 2.24) is 4.98 Å². The van der Waals surface area contributed by atoms with Gasteiger partial charge in [0, 0.05) is 6.42 Å². The van der Waals surface area contributed by atoms with Gasteiger partial charge in [0.1, 0.15) is 5.76 Å².